The van der Waals surface area contributed by atoms with Crippen LogP contribution in [-0.4, -0.2) is 18.8 Å². The van der Waals surface area contributed by atoms with E-state index in [4.69, 9.17) is 0 Å². The highest BCUT2D eigenvalue weighted by atomic mass is 15.3. The van der Waals surface area contributed by atoms with Crippen molar-refractivity contribution < 1.29 is 0 Å². The third-order valence-electron chi connectivity index (χ3n) is 3.75. The van der Waals surface area contributed by atoms with Gasteiger partial charge in [-0.25, -0.2) is 0 Å². The molecule has 0 atom stereocenters. The van der Waals surface area contributed by atoms with Crippen LogP contribution in [0.5, 0.6) is 0 Å². The van der Waals surface area contributed by atoms with Gasteiger partial charge in [0.15, 0.2) is 0 Å². The summed E-state index contributed by atoms with van der Waals surface area (Å²) in [5.74, 6) is 0.794. The van der Waals surface area contributed by atoms with Gasteiger partial charge in [-0.1, -0.05) is 24.3 Å². The summed E-state index contributed by atoms with van der Waals surface area (Å²) in [6.45, 7) is 3.19. The molecule has 0 aromatic heterocycles. The molecule has 17 heavy (non-hydrogen) atoms. The molecule has 1 fully saturated rings. The SMILES string of the molecule is c1ccc2c(c1)CNN=C2CC1CCNCC1. The molecule has 0 radical (unpaired) electrons. The molecule has 1 aromatic rings. The van der Waals surface area contributed by atoms with Crippen LogP contribution < -0.4 is 10.7 Å². The van der Waals surface area contributed by atoms with E-state index in [1.165, 1.54) is 29.7 Å². The maximum atomic E-state index is 4.51. The second-order valence-electron chi connectivity index (χ2n) is 4.95. The number of piperidine rings is 1. The molecule has 0 unspecified atom stereocenters. The zero-order valence-electron chi connectivity index (χ0n) is 10.1. The van der Waals surface area contributed by atoms with Gasteiger partial charge in [-0.05, 0) is 43.8 Å². The van der Waals surface area contributed by atoms with E-state index in [0.717, 1.165) is 32.0 Å². The van der Waals surface area contributed by atoms with Gasteiger partial charge in [0.2, 0.25) is 0 Å². The lowest BCUT2D eigenvalue weighted by molar-refractivity contribution is 0.384. The molecular formula is C14H19N3. The van der Waals surface area contributed by atoms with Gasteiger partial charge >= 0.3 is 0 Å². The van der Waals surface area contributed by atoms with Crippen LogP contribution in [0.25, 0.3) is 0 Å². The van der Waals surface area contributed by atoms with E-state index in [0.29, 0.717) is 0 Å². The van der Waals surface area contributed by atoms with E-state index in [1.54, 1.807) is 0 Å². The number of nitrogens with zero attached hydrogens (tertiary/aromatic N) is 1. The average molecular weight is 229 g/mol. The maximum absolute atomic E-state index is 4.51. The maximum Gasteiger partial charge on any atom is 0.0681 e. The molecule has 0 saturated carbocycles. The summed E-state index contributed by atoms with van der Waals surface area (Å²) >= 11 is 0. The number of fused-ring (bicyclic) bond motifs is 1. The fourth-order valence-corrected chi connectivity index (χ4v) is 2.75. The topological polar surface area (TPSA) is 36.4 Å². The van der Waals surface area contributed by atoms with Crippen molar-refractivity contribution in [3.8, 4) is 0 Å². The lowest BCUT2D eigenvalue weighted by Crippen LogP contribution is -2.30. The van der Waals surface area contributed by atoms with Crippen molar-refractivity contribution in [2.75, 3.05) is 13.1 Å². The average Bonchev–Trinajstić information content (AvgIpc) is 2.40. The molecule has 0 bridgehead atoms. The Morgan fingerprint density at radius 2 is 2.00 bits per heavy atom. The highest BCUT2D eigenvalue weighted by Gasteiger charge is 2.19. The quantitative estimate of drug-likeness (QED) is 0.812. The summed E-state index contributed by atoms with van der Waals surface area (Å²) in [6.07, 6.45) is 3.67. The Kier molecular flexibility index (Phi) is 3.10. The third kappa shape index (κ3) is 2.34. The van der Waals surface area contributed by atoms with Crippen LogP contribution in [0, 0.1) is 5.92 Å². The second-order valence-corrected chi connectivity index (χ2v) is 4.95. The summed E-state index contributed by atoms with van der Waals surface area (Å²) in [5, 5.41) is 7.93. The highest BCUT2D eigenvalue weighted by molar-refractivity contribution is 6.02. The summed E-state index contributed by atoms with van der Waals surface area (Å²) in [6, 6.07) is 8.62. The van der Waals surface area contributed by atoms with Crippen molar-refractivity contribution in [1.29, 1.82) is 0 Å². The van der Waals surface area contributed by atoms with Gasteiger partial charge in [0.25, 0.3) is 0 Å². The van der Waals surface area contributed by atoms with Gasteiger partial charge in [0.1, 0.15) is 0 Å². The van der Waals surface area contributed by atoms with E-state index < -0.39 is 0 Å². The van der Waals surface area contributed by atoms with Crippen LogP contribution in [-0.2, 0) is 6.54 Å². The first-order chi connectivity index (χ1) is 8.43. The van der Waals surface area contributed by atoms with Crippen LogP contribution >= 0.6 is 0 Å². The normalized spacial score (nSPS) is 20.4. The minimum Gasteiger partial charge on any atom is -0.317 e. The van der Waals surface area contributed by atoms with E-state index >= 15 is 0 Å². The lowest BCUT2D eigenvalue weighted by atomic mass is 9.88. The molecule has 2 N–H and O–H groups in total. The Morgan fingerprint density at radius 3 is 2.88 bits per heavy atom. The Bertz CT molecular complexity index is 419. The molecule has 0 spiro atoms. The Balaban J connectivity index is 1.76. The van der Waals surface area contributed by atoms with Crippen LogP contribution in [0.3, 0.4) is 0 Å². The van der Waals surface area contributed by atoms with Crippen molar-refractivity contribution >= 4 is 5.71 Å². The minimum absolute atomic E-state index is 0.794. The standard InChI is InChI=1S/C14H19N3/c1-2-4-13-12(3-1)10-16-17-14(13)9-11-5-7-15-8-6-11/h1-4,11,15-16H,5-10H2. The summed E-state index contributed by atoms with van der Waals surface area (Å²) in [7, 11) is 0. The second kappa shape index (κ2) is 4.88. The number of benzene rings is 1. The summed E-state index contributed by atoms with van der Waals surface area (Å²) < 4.78 is 0. The number of hydrogen-bond donors (Lipinski definition) is 2. The zero-order valence-corrected chi connectivity index (χ0v) is 10.1. The van der Waals surface area contributed by atoms with Gasteiger partial charge in [0, 0.05) is 5.56 Å². The molecule has 3 heteroatoms. The first-order valence-electron chi connectivity index (χ1n) is 6.52. The van der Waals surface area contributed by atoms with Crippen LogP contribution in [0.2, 0.25) is 0 Å². The molecule has 1 saturated heterocycles. The molecule has 0 amide bonds. The van der Waals surface area contributed by atoms with Gasteiger partial charge in [-0.15, -0.1) is 0 Å². The largest absolute Gasteiger partial charge is 0.317 e. The molecule has 0 aliphatic carbocycles. The van der Waals surface area contributed by atoms with Crippen molar-refractivity contribution in [1.82, 2.24) is 10.7 Å². The number of hydrazone groups is 1. The van der Waals surface area contributed by atoms with Crippen LogP contribution in [0.4, 0.5) is 0 Å². The van der Waals surface area contributed by atoms with Gasteiger partial charge in [0.05, 0.1) is 12.3 Å². The van der Waals surface area contributed by atoms with Crippen molar-refractivity contribution in [3.05, 3.63) is 35.4 Å². The van der Waals surface area contributed by atoms with Crippen LogP contribution in [0.15, 0.2) is 29.4 Å². The predicted octanol–water partition coefficient (Wildman–Crippen LogP) is 1.88. The first-order valence-corrected chi connectivity index (χ1v) is 6.52. The Hall–Kier alpha value is -1.35. The number of rotatable bonds is 2. The van der Waals surface area contributed by atoms with E-state index in [2.05, 4.69) is 40.1 Å². The van der Waals surface area contributed by atoms with E-state index in [1.807, 2.05) is 0 Å². The third-order valence-corrected chi connectivity index (χ3v) is 3.75. The van der Waals surface area contributed by atoms with Crippen molar-refractivity contribution in [3.63, 3.8) is 0 Å². The van der Waals surface area contributed by atoms with Crippen LogP contribution in [0.1, 0.15) is 30.4 Å². The van der Waals surface area contributed by atoms with E-state index in [-0.39, 0.29) is 0 Å². The Morgan fingerprint density at radius 1 is 1.18 bits per heavy atom. The van der Waals surface area contributed by atoms with E-state index in [9.17, 15) is 0 Å². The zero-order chi connectivity index (χ0) is 11.5. The smallest absolute Gasteiger partial charge is 0.0681 e. The number of hydrogen-bond acceptors (Lipinski definition) is 3. The molecule has 2 aliphatic heterocycles. The summed E-state index contributed by atoms with van der Waals surface area (Å²) in [4.78, 5) is 0. The monoisotopic (exact) mass is 229 g/mol. The molecule has 1 aromatic carbocycles. The molecule has 3 rings (SSSR count). The highest BCUT2D eigenvalue weighted by Crippen LogP contribution is 2.22. The molecular weight excluding hydrogens is 210 g/mol. The minimum atomic E-state index is 0.794. The van der Waals surface area contributed by atoms with Crippen molar-refractivity contribution in [2.45, 2.75) is 25.8 Å². The molecule has 90 valence electrons. The molecule has 3 nitrogen and oxygen atoms in total. The fourth-order valence-electron chi connectivity index (χ4n) is 2.75. The van der Waals surface area contributed by atoms with Crippen molar-refractivity contribution in [2.24, 2.45) is 11.0 Å². The fraction of sp³-hybridized carbons (Fsp3) is 0.500. The molecule has 2 aliphatic rings. The first kappa shape index (κ1) is 10.8. The number of nitrogens with one attached hydrogen (secondary N) is 2. The van der Waals surface area contributed by atoms with Gasteiger partial charge < -0.3 is 10.7 Å². The predicted molar refractivity (Wildman–Crippen MR) is 70.0 cm³/mol. The van der Waals surface area contributed by atoms with Gasteiger partial charge in [-0.2, -0.15) is 5.10 Å². The molecule has 2 heterocycles. The lowest BCUT2D eigenvalue weighted by Gasteiger charge is -2.25. The van der Waals surface area contributed by atoms with Gasteiger partial charge in [-0.3, -0.25) is 0 Å². The summed E-state index contributed by atoms with van der Waals surface area (Å²) in [5.41, 5.74) is 7.13. The Labute approximate surface area is 102 Å².